The van der Waals surface area contributed by atoms with Crippen molar-refractivity contribution in [2.45, 2.75) is 6.42 Å². The van der Waals surface area contributed by atoms with Gasteiger partial charge in [-0.05, 0) is 48.1 Å². The molecule has 1 aromatic carbocycles. The zero-order valence-corrected chi connectivity index (χ0v) is 11.9. The first-order chi connectivity index (χ1) is 9.88. The molecule has 1 N–H and O–H groups in total. The molecule has 2 aromatic rings. The molecule has 20 heavy (non-hydrogen) atoms. The number of rotatable bonds is 3. The Balaban J connectivity index is 1.50. The molecule has 1 aliphatic heterocycles. The smallest absolute Gasteiger partial charge is 0.200 e. The summed E-state index contributed by atoms with van der Waals surface area (Å²) in [6, 6.07) is 8.41. The zero-order valence-electron chi connectivity index (χ0n) is 11.1. The standard InChI is InChI=1S/C16H16N2OS/c1-3-15(19-16-9-18-10-20-16)4-2-11(1)12-5-13-7-17-8-14(13)6-12/h1-5,9-10,13-14,17H,6-8H2/t13-,14+/m0/s1. The first-order valence-electron chi connectivity index (χ1n) is 6.97. The first kappa shape index (κ1) is 12.1. The van der Waals surface area contributed by atoms with Gasteiger partial charge < -0.3 is 10.1 Å². The fourth-order valence-electron chi connectivity index (χ4n) is 3.10. The summed E-state index contributed by atoms with van der Waals surface area (Å²) in [4.78, 5) is 4.01. The molecule has 1 fully saturated rings. The lowest BCUT2D eigenvalue weighted by Crippen LogP contribution is -2.09. The highest BCUT2D eigenvalue weighted by Crippen LogP contribution is 2.38. The van der Waals surface area contributed by atoms with E-state index in [0.717, 1.165) is 35.7 Å². The highest BCUT2D eigenvalue weighted by Gasteiger charge is 2.31. The van der Waals surface area contributed by atoms with Crippen molar-refractivity contribution in [2.24, 2.45) is 11.8 Å². The predicted molar refractivity (Wildman–Crippen MR) is 81.1 cm³/mol. The second-order valence-corrected chi connectivity index (χ2v) is 6.27. The molecule has 0 unspecified atom stereocenters. The number of nitrogens with zero attached hydrogens (tertiary/aromatic N) is 1. The van der Waals surface area contributed by atoms with Gasteiger partial charge in [-0.1, -0.05) is 29.5 Å². The van der Waals surface area contributed by atoms with Crippen molar-refractivity contribution in [3.05, 3.63) is 47.6 Å². The van der Waals surface area contributed by atoms with Crippen LogP contribution < -0.4 is 10.1 Å². The molecular formula is C16H16N2OS. The van der Waals surface area contributed by atoms with E-state index in [0.29, 0.717) is 0 Å². The lowest BCUT2D eigenvalue weighted by Gasteiger charge is -2.08. The van der Waals surface area contributed by atoms with Crippen molar-refractivity contribution in [3.8, 4) is 10.8 Å². The second kappa shape index (κ2) is 5.04. The summed E-state index contributed by atoms with van der Waals surface area (Å²) in [7, 11) is 0. The van der Waals surface area contributed by atoms with Gasteiger partial charge in [-0.25, -0.2) is 4.98 Å². The Morgan fingerprint density at radius 1 is 1.20 bits per heavy atom. The van der Waals surface area contributed by atoms with Gasteiger partial charge in [-0.15, -0.1) is 0 Å². The van der Waals surface area contributed by atoms with Crippen LogP contribution in [-0.2, 0) is 0 Å². The SMILES string of the molecule is C1=C(c2ccc(Oc3cncs3)cc2)C[C@@H]2CNC[C@H]12. The molecule has 1 saturated heterocycles. The van der Waals surface area contributed by atoms with E-state index in [9.17, 15) is 0 Å². The Bertz CT molecular complexity index is 618. The van der Waals surface area contributed by atoms with Gasteiger partial charge in [-0.2, -0.15) is 0 Å². The Labute approximate surface area is 122 Å². The maximum absolute atomic E-state index is 5.74. The van der Waals surface area contributed by atoms with E-state index in [1.807, 2.05) is 12.1 Å². The van der Waals surface area contributed by atoms with Gasteiger partial charge >= 0.3 is 0 Å². The number of aromatic nitrogens is 1. The van der Waals surface area contributed by atoms with Gasteiger partial charge in [0.2, 0.25) is 5.06 Å². The highest BCUT2D eigenvalue weighted by atomic mass is 32.1. The number of hydrogen-bond acceptors (Lipinski definition) is 4. The maximum Gasteiger partial charge on any atom is 0.200 e. The van der Waals surface area contributed by atoms with Crippen LogP contribution in [0.15, 0.2) is 42.0 Å². The lowest BCUT2D eigenvalue weighted by atomic mass is 9.98. The molecule has 4 heteroatoms. The van der Waals surface area contributed by atoms with Crippen molar-refractivity contribution < 1.29 is 4.74 Å². The van der Waals surface area contributed by atoms with Gasteiger partial charge in [0.1, 0.15) is 5.75 Å². The average molecular weight is 284 g/mol. The van der Waals surface area contributed by atoms with Crippen LogP contribution in [0.4, 0.5) is 0 Å². The maximum atomic E-state index is 5.74. The quantitative estimate of drug-likeness (QED) is 0.936. The summed E-state index contributed by atoms with van der Waals surface area (Å²) in [6.07, 6.45) is 5.39. The third-order valence-electron chi connectivity index (χ3n) is 4.14. The van der Waals surface area contributed by atoms with Crippen molar-refractivity contribution >= 4 is 16.9 Å². The predicted octanol–water partition coefficient (Wildman–Crippen LogP) is 3.56. The zero-order chi connectivity index (χ0) is 13.4. The second-order valence-electron chi connectivity index (χ2n) is 5.43. The van der Waals surface area contributed by atoms with E-state index in [1.54, 1.807) is 11.7 Å². The van der Waals surface area contributed by atoms with Crippen molar-refractivity contribution in [1.29, 1.82) is 0 Å². The fourth-order valence-corrected chi connectivity index (χ4v) is 3.59. The number of nitrogens with one attached hydrogen (secondary N) is 1. The molecular weight excluding hydrogens is 268 g/mol. The van der Waals surface area contributed by atoms with Crippen LogP contribution >= 0.6 is 11.3 Å². The van der Waals surface area contributed by atoms with Crippen molar-refractivity contribution in [3.63, 3.8) is 0 Å². The van der Waals surface area contributed by atoms with Crippen LogP contribution in [0.5, 0.6) is 10.8 Å². The molecule has 102 valence electrons. The topological polar surface area (TPSA) is 34.1 Å². The number of thiazole rings is 1. The Morgan fingerprint density at radius 2 is 2.10 bits per heavy atom. The van der Waals surface area contributed by atoms with E-state index >= 15 is 0 Å². The molecule has 3 nitrogen and oxygen atoms in total. The van der Waals surface area contributed by atoms with Gasteiger partial charge in [0.05, 0.1) is 11.7 Å². The molecule has 0 amide bonds. The summed E-state index contributed by atoms with van der Waals surface area (Å²) in [5, 5.41) is 4.29. The highest BCUT2D eigenvalue weighted by molar-refractivity contribution is 7.11. The Hall–Kier alpha value is -1.65. The van der Waals surface area contributed by atoms with Crippen molar-refractivity contribution in [2.75, 3.05) is 13.1 Å². The first-order valence-corrected chi connectivity index (χ1v) is 7.84. The number of benzene rings is 1. The molecule has 2 heterocycles. The molecule has 2 atom stereocenters. The minimum Gasteiger partial charge on any atom is -0.445 e. The minimum absolute atomic E-state index is 0.734. The molecule has 4 rings (SSSR count). The van der Waals surface area contributed by atoms with E-state index in [-0.39, 0.29) is 0 Å². The molecule has 0 spiro atoms. The summed E-state index contributed by atoms with van der Waals surface area (Å²) in [5.74, 6) is 2.41. The van der Waals surface area contributed by atoms with Crippen LogP contribution in [-0.4, -0.2) is 18.1 Å². The van der Waals surface area contributed by atoms with Gasteiger partial charge in [0, 0.05) is 6.54 Å². The van der Waals surface area contributed by atoms with E-state index in [2.05, 4.69) is 28.5 Å². The van der Waals surface area contributed by atoms with Crippen LogP contribution in [0.1, 0.15) is 12.0 Å². The van der Waals surface area contributed by atoms with Crippen molar-refractivity contribution in [1.82, 2.24) is 10.3 Å². The van der Waals surface area contributed by atoms with Gasteiger partial charge in [0.25, 0.3) is 0 Å². The minimum atomic E-state index is 0.734. The Kier molecular flexibility index (Phi) is 3.05. The fraction of sp³-hybridized carbons (Fsp3) is 0.312. The van der Waals surface area contributed by atoms with Gasteiger partial charge in [-0.3, -0.25) is 0 Å². The van der Waals surface area contributed by atoms with Crippen LogP contribution in [0.2, 0.25) is 0 Å². The summed E-state index contributed by atoms with van der Waals surface area (Å²) in [6.45, 7) is 2.30. The molecule has 1 aromatic heterocycles. The number of hydrogen-bond donors (Lipinski definition) is 1. The van der Waals surface area contributed by atoms with Crippen LogP contribution in [0.3, 0.4) is 0 Å². The molecule has 0 radical (unpaired) electrons. The largest absolute Gasteiger partial charge is 0.445 e. The molecule has 0 saturated carbocycles. The van der Waals surface area contributed by atoms with Crippen LogP contribution in [0, 0.1) is 11.8 Å². The number of allylic oxidation sites excluding steroid dienone is 1. The third kappa shape index (κ3) is 2.25. The molecule has 1 aliphatic carbocycles. The van der Waals surface area contributed by atoms with Gasteiger partial charge in [0.15, 0.2) is 0 Å². The normalized spacial score (nSPS) is 24.5. The molecule has 2 aliphatic rings. The third-order valence-corrected chi connectivity index (χ3v) is 4.79. The lowest BCUT2D eigenvalue weighted by molar-refractivity contribution is 0.495. The number of ether oxygens (including phenoxy) is 1. The summed E-state index contributed by atoms with van der Waals surface area (Å²) in [5.41, 5.74) is 4.60. The Morgan fingerprint density at radius 3 is 2.85 bits per heavy atom. The summed E-state index contributed by atoms with van der Waals surface area (Å²) < 4.78 is 5.74. The monoisotopic (exact) mass is 284 g/mol. The molecule has 0 bridgehead atoms. The summed E-state index contributed by atoms with van der Waals surface area (Å²) >= 11 is 1.51. The average Bonchev–Trinajstić information content (AvgIpc) is 3.15. The number of fused-ring (bicyclic) bond motifs is 1. The van der Waals surface area contributed by atoms with Crippen LogP contribution in [0.25, 0.3) is 5.57 Å². The van der Waals surface area contributed by atoms with E-state index in [1.165, 1.54) is 28.9 Å². The van der Waals surface area contributed by atoms with E-state index < -0.39 is 0 Å². The van der Waals surface area contributed by atoms with E-state index in [4.69, 9.17) is 4.74 Å².